The van der Waals surface area contributed by atoms with E-state index in [1.165, 1.54) is 128 Å². The van der Waals surface area contributed by atoms with Crippen molar-refractivity contribution in [3.05, 3.63) is 0 Å². The summed E-state index contributed by atoms with van der Waals surface area (Å²) < 4.78 is 71.8. The smallest absolute Gasteiger partial charge is 0.462 e. The monoisotopic (exact) mass is 1170 g/mol. The van der Waals surface area contributed by atoms with Gasteiger partial charge in [0.2, 0.25) is 0 Å². The number of aliphatic hydroxyl groups excluding tert-OH is 1. The molecule has 0 aliphatic carbocycles. The minimum Gasteiger partial charge on any atom is -0.462 e. The SMILES string of the molecule is CCCCCCCCCCCCCCCCC(=O)O[C@H](COC(=O)CCCCCCCC)COP(=O)(O)OC[C@H](O)CO[P@@]1(=O)OC[C@H](OC(=O)CCCCCCCCCCCCCCCC)C[O+](C(=O)CCCCCCC)O1. The largest absolute Gasteiger partial charge is 0.553 e. The average molecular weight is 1170 g/mol. The minimum absolute atomic E-state index is 0.0392. The zero-order valence-corrected chi connectivity index (χ0v) is 52.1. The Bertz CT molecular complexity index is 1590. The fourth-order valence-corrected chi connectivity index (χ4v) is 11.3. The lowest BCUT2D eigenvalue weighted by atomic mass is 10.0. The van der Waals surface area contributed by atoms with E-state index in [9.17, 15) is 38.3 Å². The van der Waals surface area contributed by atoms with Gasteiger partial charge in [-0.3, -0.25) is 32.5 Å². The van der Waals surface area contributed by atoms with Gasteiger partial charge in [-0.15, -0.1) is 0 Å². The number of carbonyl (C=O) groups is 4. The minimum atomic E-state index is -4.93. The molecule has 0 aromatic carbocycles. The predicted molar refractivity (Wildman–Crippen MR) is 311 cm³/mol. The van der Waals surface area contributed by atoms with E-state index in [1.54, 1.807) is 0 Å². The Balaban J connectivity index is 2.70. The third-order valence-corrected chi connectivity index (χ3v) is 16.4. The third kappa shape index (κ3) is 46.2. The van der Waals surface area contributed by atoms with Crippen LogP contribution in [-0.2, 0) is 69.8 Å². The number of rotatable bonds is 56. The summed E-state index contributed by atoms with van der Waals surface area (Å²) in [5.74, 6) is -2.13. The van der Waals surface area contributed by atoms with E-state index in [2.05, 4.69) is 27.7 Å². The molecule has 1 aliphatic heterocycles. The van der Waals surface area contributed by atoms with Crippen LogP contribution in [0, 0.1) is 0 Å². The zero-order chi connectivity index (χ0) is 57.9. The lowest BCUT2D eigenvalue weighted by Crippen LogP contribution is -2.33. The molecule has 0 spiro atoms. The van der Waals surface area contributed by atoms with Gasteiger partial charge in [-0.2, -0.15) is 0 Å². The van der Waals surface area contributed by atoms with Crippen LogP contribution in [0.4, 0.5) is 0 Å². The van der Waals surface area contributed by atoms with E-state index in [-0.39, 0.29) is 32.3 Å². The predicted octanol–water partition coefficient (Wildman–Crippen LogP) is 16.9. The molecular formula is C60H115O17P2+. The van der Waals surface area contributed by atoms with Gasteiger partial charge in [0.25, 0.3) is 0 Å². The first-order valence-corrected chi connectivity index (χ1v) is 34.9. The summed E-state index contributed by atoms with van der Waals surface area (Å²) in [6.45, 7) is 5.21. The van der Waals surface area contributed by atoms with Crippen LogP contribution in [0.1, 0.15) is 304 Å². The van der Waals surface area contributed by atoms with Gasteiger partial charge in [0.05, 0.1) is 19.8 Å². The molecule has 0 amide bonds. The fraction of sp³-hybridized carbons (Fsp3) is 0.933. The molecule has 0 aromatic rings. The van der Waals surface area contributed by atoms with Gasteiger partial charge < -0.3 is 28.7 Å². The number of phosphoric ester groups is 2. The second-order valence-corrected chi connectivity index (χ2v) is 25.0. The molecule has 1 heterocycles. The first-order chi connectivity index (χ1) is 38.3. The van der Waals surface area contributed by atoms with E-state index in [4.69, 9.17) is 37.0 Å². The molecule has 0 saturated carbocycles. The summed E-state index contributed by atoms with van der Waals surface area (Å²) in [7, 11) is -9.58. The number of aliphatic hydroxyl groups is 1. The molecule has 1 fully saturated rings. The van der Waals surface area contributed by atoms with E-state index < -0.39 is 90.9 Å². The quantitative estimate of drug-likeness (QED) is 0.0144. The number of hydrogen-bond donors (Lipinski definition) is 2. The van der Waals surface area contributed by atoms with Crippen LogP contribution in [0.15, 0.2) is 0 Å². The Labute approximate surface area is 479 Å². The molecule has 1 rings (SSSR count). The normalized spacial score (nSPS) is 17.2. The number of ether oxygens (including phenoxy) is 3. The van der Waals surface area contributed by atoms with Gasteiger partial charge in [0.15, 0.2) is 18.8 Å². The third-order valence-electron chi connectivity index (χ3n) is 14.2. The lowest BCUT2D eigenvalue weighted by Gasteiger charge is -2.22. The summed E-state index contributed by atoms with van der Waals surface area (Å²) in [5, 5.41) is 10.7. The highest BCUT2D eigenvalue weighted by Crippen LogP contribution is 2.53. The van der Waals surface area contributed by atoms with Crippen molar-refractivity contribution in [1.82, 2.24) is 0 Å². The van der Waals surface area contributed by atoms with Crippen molar-refractivity contribution in [2.75, 3.05) is 39.6 Å². The molecule has 1 unspecified atom stereocenters. The van der Waals surface area contributed by atoms with Crippen molar-refractivity contribution >= 4 is 39.5 Å². The van der Waals surface area contributed by atoms with Gasteiger partial charge in [-0.25, -0.2) is 9.13 Å². The van der Waals surface area contributed by atoms with Gasteiger partial charge in [-0.1, -0.05) is 252 Å². The number of esters is 3. The second-order valence-electron chi connectivity index (χ2n) is 22.0. The summed E-state index contributed by atoms with van der Waals surface area (Å²) in [5.41, 5.74) is 0. The van der Waals surface area contributed by atoms with E-state index in [0.29, 0.717) is 25.7 Å². The summed E-state index contributed by atoms with van der Waals surface area (Å²) in [6, 6.07) is 0. The molecular weight excluding hydrogens is 1050 g/mol. The van der Waals surface area contributed by atoms with Crippen LogP contribution in [0.2, 0.25) is 0 Å². The Kier molecular flexibility index (Phi) is 49.1. The molecule has 2 N–H and O–H groups in total. The topological polar surface area (TPSA) is 219 Å². The van der Waals surface area contributed by atoms with Crippen molar-refractivity contribution in [3.63, 3.8) is 0 Å². The fourth-order valence-electron chi connectivity index (χ4n) is 9.26. The highest BCUT2D eigenvalue weighted by Gasteiger charge is 2.44. The van der Waals surface area contributed by atoms with E-state index in [1.807, 2.05) is 4.52 Å². The Morgan fingerprint density at radius 1 is 0.506 bits per heavy atom. The first-order valence-electron chi connectivity index (χ1n) is 31.9. The van der Waals surface area contributed by atoms with Crippen molar-refractivity contribution in [3.8, 4) is 0 Å². The van der Waals surface area contributed by atoms with Crippen molar-refractivity contribution < 1.29 is 79.8 Å². The second kappa shape index (κ2) is 51.7. The van der Waals surface area contributed by atoms with Crippen LogP contribution in [0.3, 0.4) is 0 Å². The van der Waals surface area contributed by atoms with Gasteiger partial charge >= 0.3 is 39.5 Å². The van der Waals surface area contributed by atoms with Crippen molar-refractivity contribution in [2.24, 2.45) is 0 Å². The van der Waals surface area contributed by atoms with E-state index in [0.717, 1.165) is 96.3 Å². The maximum absolute atomic E-state index is 13.8. The Hall–Kier alpha value is -1.94. The molecule has 1 aliphatic rings. The molecule has 466 valence electrons. The van der Waals surface area contributed by atoms with Gasteiger partial charge in [0.1, 0.15) is 25.7 Å². The molecule has 1 saturated heterocycles. The summed E-state index contributed by atoms with van der Waals surface area (Å²) in [6.07, 6.45) is 39.7. The standard InChI is InChI=1S/C60H114O17P2/c1-5-9-13-17-20-22-24-26-28-30-32-34-38-41-45-58(63)74-55(50-69-57(62)44-40-37-19-15-11-7-3)51-71-78(66,67)70-48-54(61)49-72-79(68)73-52-56(53-77(76-79)60(65)47-43-36-16-12-8-4)75-59(64)46-42-39-35-33-31-29-27-25-23-21-18-14-10-6-2/h54-56,61H,5-53H2,1-4H3/p+1/t54-,55+,56-,79-/m0/s1. The van der Waals surface area contributed by atoms with Crippen LogP contribution in [0.5, 0.6) is 0 Å². The van der Waals surface area contributed by atoms with Crippen LogP contribution < -0.4 is 0 Å². The summed E-state index contributed by atoms with van der Waals surface area (Å²) >= 11 is 0. The van der Waals surface area contributed by atoms with Crippen LogP contribution in [0.25, 0.3) is 0 Å². The zero-order valence-electron chi connectivity index (χ0n) is 50.3. The lowest BCUT2D eigenvalue weighted by molar-refractivity contribution is -0.364. The highest BCUT2D eigenvalue weighted by molar-refractivity contribution is 7.48. The maximum Gasteiger partial charge on any atom is 0.553 e. The van der Waals surface area contributed by atoms with Crippen LogP contribution in [-0.4, -0.2) is 91.8 Å². The van der Waals surface area contributed by atoms with E-state index >= 15 is 0 Å². The number of hydrogen-bond acceptors (Lipinski definition) is 15. The average Bonchev–Trinajstić information content (AvgIpc) is 3.60. The maximum atomic E-state index is 13.8. The molecule has 0 radical (unpaired) electrons. The molecule has 19 heteroatoms. The first kappa shape index (κ1) is 75.1. The molecule has 5 atom stereocenters. The number of unbranched alkanes of at least 4 members (excludes halogenated alkanes) is 35. The molecule has 79 heavy (non-hydrogen) atoms. The van der Waals surface area contributed by atoms with Gasteiger partial charge in [-0.05, 0) is 30.4 Å². The Morgan fingerprint density at radius 3 is 1.30 bits per heavy atom. The summed E-state index contributed by atoms with van der Waals surface area (Å²) in [4.78, 5) is 62.3. The van der Waals surface area contributed by atoms with Gasteiger partial charge in [0, 0.05) is 24.1 Å². The number of carbonyl (C=O) groups excluding carboxylic acids is 4. The molecule has 0 aromatic heterocycles. The van der Waals surface area contributed by atoms with Crippen LogP contribution >= 0.6 is 15.6 Å². The molecule has 0 bridgehead atoms. The van der Waals surface area contributed by atoms with Crippen molar-refractivity contribution in [2.45, 2.75) is 322 Å². The van der Waals surface area contributed by atoms with Crippen molar-refractivity contribution in [1.29, 1.82) is 0 Å². The highest BCUT2D eigenvalue weighted by atomic mass is 31.2. The Morgan fingerprint density at radius 2 is 0.873 bits per heavy atom. The molecule has 17 nitrogen and oxygen atoms in total. The number of phosphoric acid groups is 2.